The average molecular weight is 456 g/mol. The Kier molecular flexibility index (Phi) is 13.5. The largest absolute Gasteiger partial charge is 0.382 e. The third kappa shape index (κ3) is 10.0. The van der Waals surface area contributed by atoms with E-state index in [0.29, 0.717) is 19.8 Å². The van der Waals surface area contributed by atoms with E-state index in [9.17, 15) is 0 Å². The summed E-state index contributed by atoms with van der Waals surface area (Å²) < 4.78 is 10.4. The SMILES string of the molecule is CN=C(NCCCOCCOC)N(C)Cc1ccc(Cl)cc1.I. The third-order valence-corrected chi connectivity index (χ3v) is 3.34. The van der Waals surface area contributed by atoms with Gasteiger partial charge in [-0.15, -0.1) is 24.0 Å². The number of hydrogen-bond acceptors (Lipinski definition) is 3. The number of guanidine groups is 1. The molecule has 0 amide bonds. The number of nitrogens with one attached hydrogen (secondary N) is 1. The zero-order valence-corrected chi connectivity index (χ0v) is 17.1. The zero-order chi connectivity index (χ0) is 16.2. The van der Waals surface area contributed by atoms with Crippen LogP contribution in [0.4, 0.5) is 0 Å². The fourth-order valence-corrected chi connectivity index (χ4v) is 2.07. The third-order valence-electron chi connectivity index (χ3n) is 3.09. The molecule has 0 aliphatic rings. The van der Waals surface area contributed by atoms with Crippen molar-refractivity contribution in [1.29, 1.82) is 0 Å². The molecule has 0 bridgehead atoms. The predicted octanol–water partition coefficient (Wildman–Crippen LogP) is 3.02. The molecule has 0 radical (unpaired) electrons. The number of aliphatic imine (C=N–C) groups is 1. The van der Waals surface area contributed by atoms with Gasteiger partial charge in [-0.3, -0.25) is 4.99 Å². The fraction of sp³-hybridized carbons (Fsp3) is 0.562. The molecule has 0 aliphatic carbocycles. The van der Waals surface area contributed by atoms with Gasteiger partial charge in [0.25, 0.3) is 0 Å². The van der Waals surface area contributed by atoms with Crippen LogP contribution in [0.5, 0.6) is 0 Å². The lowest BCUT2D eigenvalue weighted by Crippen LogP contribution is -2.39. The molecule has 7 heteroatoms. The van der Waals surface area contributed by atoms with Crippen molar-refractivity contribution in [3.8, 4) is 0 Å². The van der Waals surface area contributed by atoms with Crippen LogP contribution in [0.2, 0.25) is 5.02 Å². The van der Waals surface area contributed by atoms with Crippen molar-refractivity contribution in [2.75, 3.05) is 47.6 Å². The molecular formula is C16H27ClIN3O2. The number of rotatable bonds is 9. The molecule has 132 valence electrons. The van der Waals surface area contributed by atoms with Gasteiger partial charge in [0.15, 0.2) is 5.96 Å². The normalized spacial score (nSPS) is 11.0. The molecule has 23 heavy (non-hydrogen) atoms. The van der Waals surface area contributed by atoms with Crippen molar-refractivity contribution < 1.29 is 9.47 Å². The van der Waals surface area contributed by atoms with Crippen LogP contribution in [-0.2, 0) is 16.0 Å². The van der Waals surface area contributed by atoms with Gasteiger partial charge in [-0.05, 0) is 24.1 Å². The van der Waals surface area contributed by atoms with Crippen molar-refractivity contribution >= 4 is 41.5 Å². The number of ether oxygens (including phenoxy) is 2. The minimum absolute atomic E-state index is 0. The van der Waals surface area contributed by atoms with Crippen molar-refractivity contribution in [3.05, 3.63) is 34.9 Å². The molecule has 0 atom stereocenters. The molecule has 1 aromatic carbocycles. The summed E-state index contributed by atoms with van der Waals surface area (Å²) in [5, 5.41) is 4.08. The molecule has 0 aromatic heterocycles. The van der Waals surface area contributed by atoms with Crippen LogP contribution >= 0.6 is 35.6 Å². The van der Waals surface area contributed by atoms with Crippen molar-refractivity contribution in [1.82, 2.24) is 10.2 Å². The Labute approximate surface area is 161 Å². The maximum atomic E-state index is 5.90. The number of halogens is 2. The quantitative estimate of drug-likeness (QED) is 0.269. The summed E-state index contributed by atoms with van der Waals surface area (Å²) in [7, 11) is 5.47. The average Bonchev–Trinajstić information content (AvgIpc) is 2.52. The number of methoxy groups -OCH3 is 1. The Morgan fingerprint density at radius 3 is 2.52 bits per heavy atom. The Bertz CT molecular complexity index is 443. The van der Waals surface area contributed by atoms with E-state index >= 15 is 0 Å². The van der Waals surface area contributed by atoms with Crippen LogP contribution in [0.25, 0.3) is 0 Å². The number of benzene rings is 1. The summed E-state index contributed by atoms with van der Waals surface area (Å²) in [6.45, 7) is 3.60. The van der Waals surface area contributed by atoms with E-state index in [-0.39, 0.29) is 24.0 Å². The molecule has 0 heterocycles. The van der Waals surface area contributed by atoms with Gasteiger partial charge in [0.05, 0.1) is 13.2 Å². The highest BCUT2D eigenvalue weighted by Gasteiger charge is 2.06. The number of hydrogen-bond donors (Lipinski definition) is 1. The summed E-state index contributed by atoms with van der Waals surface area (Å²) >= 11 is 5.90. The van der Waals surface area contributed by atoms with E-state index in [1.807, 2.05) is 31.3 Å². The summed E-state index contributed by atoms with van der Waals surface area (Å²) in [5.41, 5.74) is 1.19. The van der Waals surface area contributed by atoms with Gasteiger partial charge >= 0.3 is 0 Å². The summed E-state index contributed by atoms with van der Waals surface area (Å²) in [6, 6.07) is 7.85. The topological polar surface area (TPSA) is 46.1 Å². The molecule has 1 aromatic rings. The standard InChI is InChI=1S/C16H26ClN3O2.HI/c1-18-16(19-9-4-10-22-12-11-21-3)20(2)13-14-5-7-15(17)8-6-14;/h5-8H,4,9-13H2,1-3H3,(H,18,19);1H. The van der Waals surface area contributed by atoms with Crippen LogP contribution in [0.15, 0.2) is 29.3 Å². The van der Waals surface area contributed by atoms with Crippen molar-refractivity contribution in [2.45, 2.75) is 13.0 Å². The lowest BCUT2D eigenvalue weighted by atomic mass is 10.2. The zero-order valence-electron chi connectivity index (χ0n) is 14.0. The van der Waals surface area contributed by atoms with Gasteiger partial charge in [0, 0.05) is 45.9 Å². The smallest absolute Gasteiger partial charge is 0.193 e. The van der Waals surface area contributed by atoms with Gasteiger partial charge in [0.2, 0.25) is 0 Å². The highest BCUT2D eigenvalue weighted by atomic mass is 127. The monoisotopic (exact) mass is 455 g/mol. The van der Waals surface area contributed by atoms with Gasteiger partial charge in [-0.1, -0.05) is 23.7 Å². The van der Waals surface area contributed by atoms with E-state index in [1.165, 1.54) is 5.56 Å². The van der Waals surface area contributed by atoms with E-state index in [4.69, 9.17) is 21.1 Å². The highest BCUT2D eigenvalue weighted by molar-refractivity contribution is 14.0. The van der Waals surface area contributed by atoms with Gasteiger partial charge < -0.3 is 19.7 Å². The molecule has 0 saturated heterocycles. The van der Waals surface area contributed by atoms with Crippen molar-refractivity contribution in [2.24, 2.45) is 4.99 Å². The highest BCUT2D eigenvalue weighted by Crippen LogP contribution is 2.10. The van der Waals surface area contributed by atoms with Crippen LogP contribution < -0.4 is 5.32 Å². The second kappa shape index (κ2) is 13.8. The summed E-state index contributed by atoms with van der Waals surface area (Å²) in [6.07, 6.45) is 0.928. The first kappa shape index (κ1) is 22.4. The Morgan fingerprint density at radius 2 is 1.91 bits per heavy atom. The van der Waals surface area contributed by atoms with E-state index in [1.54, 1.807) is 14.2 Å². The molecule has 1 N–H and O–H groups in total. The van der Waals surface area contributed by atoms with Crippen LogP contribution in [-0.4, -0.2) is 58.4 Å². The molecule has 0 spiro atoms. The molecular weight excluding hydrogens is 429 g/mol. The molecule has 0 aliphatic heterocycles. The van der Waals surface area contributed by atoms with Gasteiger partial charge in [0.1, 0.15) is 0 Å². The molecule has 0 saturated carbocycles. The lowest BCUT2D eigenvalue weighted by Gasteiger charge is -2.22. The predicted molar refractivity (Wildman–Crippen MR) is 107 cm³/mol. The summed E-state index contributed by atoms with van der Waals surface area (Å²) in [4.78, 5) is 6.37. The fourth-order valence-electron chi connectivity index (χ4n) is 1.94. The maximum absolute atomic E-state index is 5.90. The van der Waals surface area contributed by atoms with Gasteiger partial charge in [-0.2, -0.15) is 0 Å². The summed E-state index contributed by atoms with van der Waals surface area (Å²) in [5.74, 6) is 0.867. The second-order valence-electron chi connectivity index (χ2n) is 4.92. The number of nitrogens with zero attached hydrogens (tertiary/aromatic N) is 2. The Morgan fingerprint density at radius 1 is 1.22 bits per heavy atom. The first-order chi connectivity index (χ1) is 10.7. The molecule has 0 fully saturated rings. The van der Waals surface area contributed by atoms with E-state index in [0.717, 1.165) is 30.5 Å². The Balaban J connectivity index is 0.00000484. The first-order valence-corrected chi connectivity index (χ1v) is 7.78. The van der Waals surface area contributed by atoms with Crippen LogP contribution in [0.3, 0.4) is 0 Å². The molecule has 5 nitrogen and oxygen atoms in total. The van der Waals surface area contributed by atoms with Crippen LogP contribution in [0, 0.1) is 0 Å². The minimum atomic E-state index is 0. The molecule has 1 rings (SSSR count). The van der Waals surface area contributed by atoms with Gasteiger partial charge in [-0.25, -0.2) is 0 Å². The maximum Gasteiger partial charge on any atom is 0.193 e. The van der Waals surface area contributed by atoms with E-state index in [2.05, 4.69) is 15.2 Å². The van der Waals surface area contributed by atoms with Crippen molar-refractivity contribution in [3.63, 3.8) is 0 Å². The molecule has 0 unspecified atom stereocenters. The minimum Gasteiger partial charge on any atom is -0.382 e. The Hall–Kier alpha value is -0.570. The lowest BCUT2D eigenvalue weighted by molar-refractivity contribution is 0.0698. The van der Waals surface area contributed by atoms with Crippen LogP contribution in [0.1, 0.15) is 12.0 Å². The second-order valence-corrected chi connectivity index (χ2v) is 5.35. The first-order valence-electron chi connectivity index (χ1n) is 7.40. The van der Waals surface area contributed by atoms with E-state index < -0.39 is 0 Å².